The van der Waals surface area contributed by atoms with E-state index in [2.05, 4.69) is 15.3 Å². The van der Waals surface area contributed by atoms with Gasteiger partial charge < -0.3 is 19.5 Å². The van der Waals surface area contributed by atoms with E-state index in [1.165, 1.54) is 6.92 Å². The van der Waals surface area contributed by atoms with E-state index in [1.54, 1.807) is 12.3 Å². The average Bonchev–Trinajstić information content (AvgIpc) is 2.96. The van der Waals surface area contributed by atoms with Gasteiger partial charge in [0, 0.05) is 30.9 Å². The van der Waals surface area contributed by atoms with Crippen LogP contribution in [0.1, 0.15) is 35.9 Å². The van der Waals surface area contributed by atoms with Gasteiger partial charge in [-0.3, -0.25) is 9.59 Å². The molecule has 2 aliphatic rings. The van der Waals surface area contributed by atoms with E-state index in [0.717, 1.165) is 24.4 Å². The predicted molar refractivity (Wildman–Crippen MR) is 94.8 cm³/mol. The topological polar surface area (TPSA) is 89.4 Å². The highest BCUT2D eigenvalue weighted by Crippen LogP contribution is 2.20. The Labute approximate surface area is 151 Å². The van der Waals surface area contributed by atoms with Crippen molar-refractivity contribution in [1.82, 2.24) is 24.8 Å². The van der Waals surface area contributed by atoms with Crippen LogP contribution in [0, 0.1) is 0 Å². The van der Waals surface area contributed by atoms with Crippen LogP contribution < -0.4 is 5.32 Å². The van der Waals surface area contributed by atoms with Crippen LogP contribution >= 0.6 is 0 Å². The first-order chi connectivity index (χ1) is 12.6. The Bertz CT molecular complexity index is 843. The van der Waals surface area contributed by atoms with Gasteiger partial charge in [-0.2, -0.15) is 0 Å². The van der Waals surface area contributed by atoms with Crippen LogP contribution in [0.5, 0.6) is 0 Å². The van der Waals surface area contributed by atoms with Crippen molar-refractivity contribution in [1.29, 1.82) is 0 Å². The third-order valence-electron chi connectivity index (χ3n) is 5.05. The molecule has 2 aromatic rings. The van der Waals surface area contributed by atoms with Crippen molar-refractivity contribution in [3.05, 3.63) is 23.7 Å². The second-order valence-corrected chi connectivity index (χ2v) is 6.88. The Balaban J connectivity index is 1.38. The van der Waals surface area contributed by atoms with Crippen LogP contribution in [-0.2, 0) is 22.6 Å². The summed E-state index contributed by atoms with van der Waals surface area (Å²) in [5.74, 6) is 0.869. The number of carbonyl (C=O) groups excluding carboxylic acids is 2. The summed E-state index contributed by atoms with van der Waals surface area (Å²) in [5, 5.41) is 3.27. The number of nitrogens with zero attached hydrogens (tertiary/aromatic N) is 4. The number of ketones is 1. The molecule has 0 spiro atoms. The molecule has 0 aromatic carbocycles. The fraction of sp³-hybridized carbons (Fsp3) is 0.556. The van der Waals surface area contributed by atoms with Crippen LogP contribution in [0.15, 0.2) is 12.3 Å². The summed E-state index contributed by atoms with van der Waals surface area (Å²) in [4.78, 5) is 34.7. The molecule has 1 unspecified atom stereocenters. The molecule has 1 N–H and O–H groups in total. The number of aromatic nitrogens is 3. The molecule has 0 radical (unpaired) electrons. The standard InChI is InChI=1S/C18H23N5O3/c1-12(24)13-8-15-18(20-9-13)23-6-5-22(10-16(23)21-15)17(25)3-7-26-11-14-2-4-19-14/h8-9,14,19H,2-7,10-11H2,1H3. The van der Waals surface area contributed by atoms with Crippen molar-refractivity contribution in [2.75, 3.05) is 26.3 Å². The van der Waals surface area contributed by atoms with E-state index in [4.69, 9.17) is 4.74 Å². The van der Waals surface area contributed by atoms with Crippen molar-refractivity contribution in [3.8, 4) is 0 Å². The number of Topliss-reactive ketones (excluding diaryl/α,β-unsaturated/α-hetero) is 1. The molecule has 8 heteroatoms. The highest BCUT2D eigenvalue weighted by molar-refractivity contribution is 5.96. The van der Waals surface area contributed by atoms with Gasteiger partial charge in [-0.1, -0.05) is 0 Å². The van der Waals surface area contributed by atoms with Crippen LogP contribution in [-0.4, -0.2) is 63.5 Å². The zero-order valence-corrected chi connectivity index (χ0v) is 14.9. The summed E-state index contributed by atoms with van der Waals surface area (Å²) in [5.41, 5.74) is 2.03. The Morgan fingerprint density at radius 2 is 2.23 bits per heavy atom. The average molecular weight is 357 g/mol. The number of hydrogen-bond acceptors (Lipinski definition) is 6. The molecule has 1 saturated heterocycles. The maximum absolute atomic E-state index is 12.4. The fourth-order valence-corrected chi connectivity index (χ4v) is 3.32. The highest BCUT2D eigenvalue weighted by Gasteiger charge is 2.24. The molecule has 1 atom stereocenters. The maximum Gasteiger partial charge on any atom is 0.225 e. The van der Waals surface area contributed by atoms with Gasteiger partial charge in [0.1, 0.15) is 11.3 Å². The Hall–Kier alpha value is -2.32. The Kier molecular flexibility index (Phi) is 4.69. The number of fused-ring (bicyclic) bond motifs is 3. The molecule has 0 aliphatic carbocycles. The molecule has 0 saturated carbocycles. The molecule has 26 heavy (non-hydrogen) atoms. The first kappa shape index (κ1) is 17.1. The second-order valence-electron chi connectivity index (χ2n) is 6.88. The van der Waals surface area contributed by atoms with Crippen LogP contribution in [0.25, 0.3) is 11.2 Å². The summed E-state index contributed by atoms with van der Waals surface area (Å²) in [6.07, 6.45) is 3.13. The van der Waals surface area contributed by atoms with Gasteiger partial charge in [-0.05, 0) is 26.0 Å². The molecular formula is C18H23N5O3. The fourth-order valence-electron chi connectivity index (χ4n) is 3.32. The van der Waals surface area contributed by atoms with Crippen LogP contribution in [0.2, 0.25) is 0 Å². The largest absolute Gasteiger partial charge is 0.379 e. The maximum atomic E-state index is 12.4. The molecular weight excluding hydrogens is 334 g/mol. The van der Waals surface area contributed by atoms with E-state index in [9.17, 15) is 9.59 Å². The lowest BCUT2D eigenvalue weighted by Crippen LogP contribution is -2.46. The van der Waals surface area contributed by atoms with Crippen molar-refractivity contribution in [2.24, 2.45) is 0 Å². The van der Waals surface area contributed by atoms with Crippen molar-refractivity contribution in [2.45, 2.75) is 38.9 Å². The summed E-state index contributed by atoms with van der Waals surface area (Å²) in [7, 11) is 0. The smallest absolute Gasteiger partial charge is 0.225 e. The molecule has 4 heterocycles. The minimum atomic E-state index is -0.0284. The predicted octanol–water partition coefficient (Wildman–Crippen LogP) is 0.745. The summed E-state index contributed by atoms with van der Waals surface area (Å²) < 4.78 is 7.61. The molecule has 1 fully saturated rings. The monoisotopic (exact) mass is 357 g/mol. The lowest BCUT2D eigenvalue weighted by molar-refractivity contribution is -0.134. The molecule has 2 aliphatic heterocycles. The van der Waals surface area contributed by atoms with E-state index in [1.807, 2.05) is 9.47 Å². The number of amides is 1. The molecule has 138 valence electrons. The summed E-state index contributed by atoms with van der Waals surface area (Å²) in [6, 6.07) is 2.22. The van der Waals surface area contributed by atoms with Gasteiger partial charge in [0.25, 0.3) is 0 Å². The second kappa shape index (κ2) is 7.13. The Morgan fingerprint density at radius 3 is 2.96 bits per heavy atom. The minimum absolute atomic E-state index is 0.0284. The normalized spacial score (nSPS) is 19.3. The molecule has 1 amide bonds. The number of carbonyl (C=O) groups is 2. The van der Waals surface area contributed by atoms with Crippen LogP contribution in [0.3, 0.4) is 0 Å². The van der Waals surface area contributed by atoms with Gasteiger partial charge in [0.05, 0.1) is 26.2 Å². The van der Waals surface area contributed by atoms with E-state index >= 15 is 0 Å². The van der Waals surface area contributed by atoms with E-state index in [0.29, 0.717) is 56.4 Å². The number of imidazole rings is 1. The zero-order chi connectivity index (χ0) is 18.1. The number of pyridine rings is 1. The quantitative estimate of drug-likeness (QED) is 0.606. The summed E-state index contributed by atoms with van der Waals surface area (Å²) in [6.45, 7) is 5.47. The Morgan fingerprint density at radius 1 is 1.38 bits per heavy atom. The van der Waals surface area contributed by atoms with Gasteiger partial charge in [-0.25, -0.2) is 9.97 Å². The third kappa shape index (κ3) is 3.34. The SMILES string of the molecule is CC(=O)c1cnc2c(c1)nc1n2CCN(C(=O)CCOCC2CCN2)C1. The number of hydrogen-bond donors (Lipinski definition) is 1. The number of ether oxygens (including phenoxy) is 1. The van der Waals surface area contributed by atoms with E-state index in [-0.39, 0.29) is 11.7 Å². The van der Waals surface area contributed by atoms with Crippen molar-refractivity contribution < 1.29 is 14.3 Å². The molecule has 4 rings (SSSR count). The van der Waals surface area contributed by atoms with Crippen LogP contribution in [0.4, 0.5) is 0 Å². The lowest BCUT2D eigenvalue weighted by atomic mass is 10.1. The van der Waals surface area contributed by atoms with Gasteiger partial charge in [0.15, 0.2) is 11.4 Å². The molecule has 8 nitrogen and oxygen atoms in total. The van der Waals surface area contributed by atoms with Crippen molar-refractivity contribution >= 4 is 22.9 Å². The number of nitrogens with one attached hydrogen (secondary N) is 1. The third-order valence-corrected chi connectivity index (χ3v) is 5.05. The number of rotatable bonds is 6. The van der Waals surface area contributed by atoms with E-state index < -0.39 is 0 Å². The first-order valence-corrected chi connectivity index (χ1v) is 9.07. The summed E-state index contributed by atoms with van der Waals surface area (Å²) >= 11 is 0. The van der Waals surface area contributed by atoms with Gasteiger partial charge in [0.2, 0.25) is 5.91 Å². The molecule has 2 aromatic heterocycles. The molecule has 0 bridgehead atoms. The minimum Gasteiger partial charge on any atom is -0.379 e. The van der Waals surface area contributed by atoms with Crippen molar-refractivity contribution in [3.63, 3.8) is 0 Å². The first-order valence-electron chi connectivity index (χ1n) is 9.07. The highest BCUT2D eigenvalue weighted by atomic mass is 16.5. The van der Waals surface area contributed by atoms with Gasteiger partial charge in [-0.15, -0.1) is 0 Å². The van der Waals surface area contributed by atoms with Gasteiger partial charge >= 0.3 is 0 Å². The lowest BCUT2D eigenvalue weighted by Gasteiger charge is -2.29. The zero-order valence-electron chi connectivity index (χ0n) is 14.9.